The first-order chi connectivity index (χ1) is 17.2. The van der Waals surface area contributed by atoms with Gasteiger partial charge in [-0.15, -0.1) is 0 Å². The molecule has 0 radical (unpaired) electrons. The predicted molar refractivity (Wildman–Crippen MR) is 135 cm³/mol. The summed E-state index contributed by atoms with van der Waals surface area (Å²) in [4.78, 5) is 35.0. The highest BCUT2D eigenvalue weighted by atomic mass is 35.5. The monoisotopic (exact) mass is 511 g/mol. The third-order valence-corrected chi connectivity index (χ3v) is 6.38. The zero-order chi connectivity index (χ0) is 25.9. The molecule has 0 aliphatic carbocycles. The number of amides is 2. The van der Waals surface area contributed by atoms with Crippen molar-refractivity contribution in [3.8, 4) is 6.07 Å². The number of carbonyl (C=O) groups excluding carboxylic acids is 2. The Hall–Kier alpha value is -3.51. The molecule has 0 atom stereocenters. The lowest BCUT2D eigenvalue weighted by Gasteiger charge is -2.39. The molecule has 4 rings (SSSR count). The molecule has 1 aromatic carbocycles. The molecule has 10 heteroatoms. The van der Waals surface area contributed by atoms with Crippen molar-refractivity contribution in [2.75, 3.05) is 37.6 Å². The van der Waals surface area contributed by atoms with Gasteiger partial charge in [0.2, 0.25) is 0 Å². The molecular formula is C26H30ClN5O4. The van der Waals surface area contributed by atoms with Gasteiger partial charge in [0.1, 0.15) is 29.0 Å². The standard InChI is InChI=1S/C26H30ClN5O4/c1-26(2,3)36-25(34)31-13-11-30(12-14-31)22-19-9-10-32(16-21(19)29-23(27)20(22)15-28)24(33)35-17-18-7-5-4-6-8-18/h4-8H,9-14,16-17H2,1-3H3. The van der Waals surface area contributed by atoms with Gasteiger partial charge >= 0.3 is 12.2 Å². The van der Waals surface area contributed by atoms with Crippen LogP contribution in [0.5, 0.6) is 0 Å². The van der Waals surface area contributed by atoms with Crippen LogP contribution in [0.3, 0.4) is 0 Å². The number of anilines is 1. The third kappa shape index (κ3) is 5.82. The molecule has 9 nitrogen and oxygen atoms in total. The van der Waals surface area contributed by atoms with E-state index in [1.165, 1.54) is 0 Å². The minimum absolute atomic E-state index is 0.111. The van der Waals surface area contributed by atoms with Crippen LogP contribution in [0.15, 0.2) is 30.3 Å². The van der Waals surface area contributed by atoms with Crippen molar-refractivity contribution in [1.82, 2.24) is 14.8 Å². The molecule has 0 unspecified atom stereocenters. The lowest BCUT2D eigenvalue weighted by molar-refractivity contribution is 0.0240. The molecule has 2 aromatic rings. The SMILES string of the molecule is CC(C)(C)OC(=O)N1CCN(c2c(C#N)c(Cl)nc3c2CCN(C(=O)OCc2ccccc2)C3)CC1. The highest BCUT2D eigenvalue weighted by Gasteiger charge is 2.32. The molecule has 1 aromatic heterocycles. The summed E-state index contributed by atoms with van der Waals surface area (Å²) in [6.45, 7) is 8.40. The number of fused-ring (bicyclic) bond motifs is 1. The van der Waals surface area contributed by atoms with Gasteiger partial charge in [-0.05, 0) is 32.8 Å². The fourth-order valence-electron chi connectivity index (χ4n) is 4.38. The van der Waals surface area contributed by atoms with E-state index in [0.717, 1.165) is 16.8 Å². The quantitative estimate of drug-likeness (QED) is 0.564. The van der Waals surface area contributed by atoms with Gasteiger partial charge in [-0.1, -0.05) is 41.9 Å². The summed E-state index contributed by atoms with van der Waals surface area (Å²) in [6.07, 6.45) is -0.239. The summed E-state index contributed by atoms with van der Waals surface area (Å²) in [5.41, 5.74) is 2.99. The number of hydrogen-bond acceptors (Lipinski definition) is 7. The molecule has 2 aliphatic rings. The Labute approximate surface area is 216 Å². The molecule has 0 saturated carbocycles. The van der Waals surface area contributed by atoms with Gasteiger partial charge in [-0.25, -0.2) is 14.6 Å². The third-order valence-electron chi connectivity index (χ3n) is 6.11. The van der Waals surface area contributed by atoms with Crippen molar-refractivity contribution in [2.45, 2.75) is 45.9 Å². The van der Waals surface area contributed by atoms with Crippen molar-refractivity contribution in [2.24, 2.45) is 0 Å². The number of piperazine rings is 1. The first kappa shape index (κ1) is 25.6. The minimum atomic E-state index is -0.561. The zero-order valence-corrected chi connectivity index (χ0v) is 21.5. The van der Waals surface area contributed by atoms with E-state index in [9.17, 15) is 14.9 Å². The van der Waals surface area contributed by atoms with Crippen LogP contribution < -0.4 is 4.90 Å². The van der Waals surface area contributed by atoms with Crippen molar-refractivity contribution < 1.29 is 19.1 Å². The minimum Gasteiger partial charge on any atom is -0.445 e. The highest BCUT2D eigenvalue weighted by molar-refractivity contribution is 6.31. The van der Waals surface area contributed by atoms with Gasteiger partial charge in [0.05, 0.1) is 17.9 Å². The van der Waals surface area contributed by atoms with Crippen molar-refractivity contribution >= 4 is 29.5 Å². The first-order valence-electron chi connectivity index (χ1n) is 12.0. The fraction of sp³-hybridized carbons (Fsp3) is 0.462. The maximum atomic E-state index is 12.7. The highest BCUT2D eigenvalue weighted by Crippen LogP contribution is 2.35. The van der Waals surface area contributed by atoms with Crippen LogP contribution in [-0.2, 0) is 29.0 Å². The van der Waals surface area contributed by atoms with Gasteiger partial charge < -0.3 is 24.2 Å². The molecular weight excluding hydrogens is 482 g/mol. The van der Waals surface area contributed by atoms with E-state index >= 15 is 0 Å². The lowest BCUT2D eigenvalue weighted by atomic mass is 9.99. The molecule has 0 spiro atoms. The molecule has 2 aliphatic heterocycles. The van der Waals surface area contributed by atoms with Crippen LogP contribution in [0, 0.1) is 11.3 Å². The molecule has 190 valence electrons. The molecule has 1 saturated heterocycles. The van der Waals surface area contributed by atoms with Crippen LogP contribution in [0.2, 0.25) is 5.15 Å². The molecule has 36 heavy (non-hydrogen) atoms. The summed E-state index contributed by atoms with van der Waals surface area (Å²) in [5, 5.41) is 9.96. The van der Waals surface area contributed by atoms with Gasteiger partial charge in [-0.3, -0.25) is 0 Å². The summed E-state index contributed by atoms with van der Waals surface area (Å²) < 4.78 is 11.0. The Morgan fingerprint density at radius 2 is 1.75 bits per heavy atom. The summed E-state index contributed by atoms with van der Waals surface area (Å²) in [7, 11) is 0. The van der Waals surface area contributed by atoms with Crippen LogP contribution in [-0.4, -0.2) is 65.3 Å². The van der Waals surface area contributed by atoms with Crippen LogP contribution in [0.1, 0.15) is 43.2 Å². The molecule has 0 bridgehead atoms. The number of carbonyl (C=O) groups is 2. The van der Waals surface area contributed by atoms with Gasteiger partial charge in [0, 0.05) is 38.3 Å². The van der Waals surface area contributed by atoms with E-state index in [1.54, 1.807) is 9.80 Å². The predicted octanol–water partition coefficient (Wildman–Crippen LogP) is 4.36. The van der Waals surface area contributed by atoms with E-state index in [1.807, 2.05) is 51.1 Å². The maximum absolute atomic E-state index is 12.7. The Balaban J connectivity index is 1.48. The number of halogens is 1. The summed E-state index contributed by atoms with van der Waals surface area (Å²) in [6, 6.07) is 11.7. The second-order valence-electron chi connectivity index (χ2n) is 9.83. The number of benzene rings is 1. The second kappa shape index (κ2) is 10.6. The van der Waals surface area contributed by atoms with Crippen LogP contribution in [0.4, 0.5) is 15.3 Å². The summed E-state index contributed by atoms with van der Waals surface area (Å²) >= 11 is 6.43. The number of nitrogens with zero attached hydrogens (tertiary/aromatic N) is 5. The van der Waals surface area contributed by atoms with Crippen LogP contribution >= 0.6 is 11.6 Å². The van der Waals surface area contributed by atoms with E-state index in [0.29, 0.717) is 50.4 Å². The average molecular weight is 512 g/mol. The average Bonchev–Trinajstić information content (AvgIpc) is 2.85. The first-order valence-corrected chi connectivity index (χ1v) is 12.3. The normalized spacial score (nSPS) is 15.7. The van der Waals surface area contributed by atoms with E-state index in [4.69, 9.17) is 21.1 Å². The Morgan fingerprint density at radius 3 is 2.39 bits per heavy atom. The molecule has 0 N–H and O–H groups in total. The molecule has 2 amide bonds. The number of nitriles is 1. The largest absolute Gasteiger partial charge is 0.445 e. The van der Waals surface area contributed by atoms with Crippen molar-refractivity contribution in [1.29, 1.82) is 5.26 Å². The van der Waals surface area contributed by atoms with E-state index in [2.05, 4.69) is 16.0 Å². The second-order valence-corrected chi connectivity index (χ2v) is 10.2. The number of ether oxygens (including phenoxy) is 2. The molecule has 3 heterocycles. The topological polar surface area (TPSA) is 99.0 Å². The zero-order valence-electron chi connectivity index (χ0n) is 20.8. The Bertz CT molecular complexity index is 1170. The number of rotatable bonds is 3. The Morgan fingerprint density at radius 1 is 1.06 bits per heavy atom. The van der Waals surface area contributed by atoms with Gasteiger partial charge in [-0.2, -0.15) is 5.26 Å². The van der Waals surface area contributed by atoms with E-state index in [-0.39, 0.29) is 24.4 Å². The van der Waals surface area contributed by atoms with E-state index < -0.39 is 11.7 Å². The van der Waals surface area contributed by atoms with Crippen molar-refractivity contribution in [3.63, 3.8) is 0 Å². The van der Waals surface area contributed by atoms with Crippen LogP contribution in [0.25, 0.3) is 0 Å². The Kier molecular flexibility index (Phi) is 7.55. The number of aromatic nitrogens is 1. The summed E-state index contributed by atoms with van der Waals surface area (Å²) in [5.74, 6) is 0. The van der Waals surface area contributed by atoms with Gasteiger partial charge in [0.25, 0.3) is 0 Å². The van der Waals surface area contributed by atoms with Crippen molar-refractivity contribution in [3.05, 3.63) is 57.9 Å². The fourth-order valence-corrected chi connectivity index (χ4v) is 4.61. The number of hydrogen-bond donors (Lipinski definition) is 0. The maximum Gasteiger partial charge on any atom is 0.410 e. The lowest BCUT2D eigenvalue weighted by Crippen LogP contribution is -2.50. The smallest absolute Gasteiger partial charge is 0.410 e. The molecule has 1 fully saturated rings. The van der Waals surface area contributed by atoms with Gasteiger partial charge in [0.15, 0.2) is 0 Å². The number of pyridine rings is 1.